The Morgan fingerprint density at radius 1 is 1.10 bits per heavy atom. The van der Waals surface area contributed by atoms with Crippen molar-refractivity contribution in [3.63, 3.8) is 0 Å². The quantitative estimate of drug-likeness (QED) is 0.625. The first-order valence-electron chi connectivity index (χ1n) is 6.10. The zero-order chi connectivity index (χ0) is 14.4. The molecular formula is C16H14BrNOS. The summed E-state index contributed by atoms with van der Waals surface area (Å²) < 4.78 is 0. The Labute approximate surface area is 131 Å². The third-order valence-corrected chi connectivity index (χ3v) is 4.40. The van der Waals surface area contributed by atoms with Crippen LogP contribution in [-0.4, -0.2) is 5.91 Å². The summed E-state index contributed by atoms with van der Waals surface area (Å²) in [5.41, 5.74) is 1.96. The molecule has 0 saturated heterocycles. The second-order valence-electron chi connectivity index (χ2n) is 4.21. The minimum absolute atomic E-state index is 0.125. The Hall–Kier alpha value is -1.52. The number of halogens is 1. The van der Waals surface area contributed by atoms with E-state index in [-0.39, 0.29) is 5.91 Å². The van der Waals surface area contributed by atoms with E-state index in [2.05, 4.69) is 21.2 Å². The van der Waals surface area contributed by atoms with Crippen LogP contribution in [0.4, 0.5) is 5.69 Å². The molecule has 102 valence electrons. The number of amides is 1. The van der Waals surface area contributed by atoms with Gasteiger partial charge < -0.3 is 5.32 Å². The molecule has 2 rings (SSSR count). The lowest BCUT2D eigenvalue weighted by Gasteiger charge is -2.08. The van der Waals surface area contributed by atoms with Gasteiger partial charge in [0.15, 0.2) is 0 Å². The lowest BCUT2D eigenvalue weighted by Crippen LogP contribution is -2.12. The molecule has 0 heterocycles. The van der Waals surface area contributed by atoms with Gasteiger partial charge in [-0.1, -0.05) is 63.6 Å². The maximum Gasteiger partial charge on any atom is 0.262 e. The average molecular weight is 348 g/mol. The number of benzene rings is 2. The molecule has 0 bridgehead atoms. The molecular weight excluding hydrogens is 334 g/mol. The van der Waals surface area contributed by atoms with Gasteiger partial charge in [-0.2, -0.15) is 0 Å². The van der Waals surface area contributed by atoms with Gasteiger partial charge in [-0.15, -0.1) is 0 Å². The van der Waals surface area contributed by atoms with Crippen molar-refractivity contribution in [2.45, 2.75) is 11.8 Å². The lowest BCUT2D eigenvalue weighted by atomic mass is 10.2. The predicted molar refractivity (Wildman–Crippen MR) is 89.1 cm³/mol. The van der Waals surface area contributed by atoms with Gasteiger partial charge in [0.05, 0.1) is 4.91 Å². The number of carbonyl (C=O) groups excluding carboxylic acids is 1. The second-order valence-corrected chi connectivity index (χ2v) is 5.78. The normalized spacial score (nSPS) is 11.2. The molecule has 0 saturated carbocycles. The molecule has 2 aromatic carbocycles. The molecule has 0 unspecified atom stereocenters. The van der Waals surface area contributed by atoms with Gasteiger partial charge in [0, 0.05) is 15.6 Å². The molecule has 0 aliphatic carbocycles. The highest BCUT2D eigenvalue weighted by molar-refractivity contribution is 9.11. The van der Waals surface area contributed by atoms with Gasteiger partial charge in [0.2, 0.25) is 0 Å². The van der Waals surface area contributed by atoms with E-state index in [1.807, 2.05) is 61.5 Å². The van der Waals surface area contributed by atoms with Crippen LogP contribution in [0, 0.1) is 6.92 Å². The van der Waals surface area contributed by atoms with E-state index in [1.165, 1.54) is 11.8 Å². The lowest BCUT2D eigenvalue weighted by molar-refractivity contribution is -0.112. The number of nitrogens with one attached hydrogen (secondary N) is 1. The minimum Gasteiger partial charge on any atom is -0.322 e. The molecule has 0 atom stereocenters. The minimum atomic E-state index is -0.125. The Morgan fingerprint density at radius 3 is 2.35 bits per heavy atom. The zero-order valence-corrected chi connectivity index (χ0v) is 13.4. The molecule has 20 heavy (non-hydrogen) atoms. The number of carbonyl (C=O) groups is 1. The van der Waals surface area contributed by atoms with Crippen LogP contribution in [0.2, 0.25) is 0 Å². The third kappa shape index (κ3) is 4.25. The van der Waals surface area contributed by atoms with Gasteiger partial charge in [-0.3, -0.25) is 4.79 Å². The summed E-state index contributed by atoms with van der Waals surface area (Å²) >= 11 is 4.68. The second kappa shape index (κ2) is 7.31. The molecule has 0 aromatic heterocycles. The Kier molecular flexibility index (Phi) is 5.44. The van der Waals surface area contributed by atoms with Gasteiger partial charge in [0.1, 0.15) is 0 Å². The van der Waals surface area contributed by atoms with Crippen molar-refractivity contribution in [1.29, 1.82) is 0 Å². The van der Waals surface area contributed by atoms with Crippen LogP contribution in [0.15, 0.2) is 69.4 Å². The number of hydrogen-bond donors (Lipinski definition) is 1. The van der Waals surface area contributed by atoms with Crippen LogP contribution < -0.4 is 5.32 Å². The topological polar surface area (TPSA) is 29.1 Å². The maximum absolute atomic E-state index is 12.2. The monoisotopic (exact) mass is 347 g/mol. The highest BCUT2D eigenvalue weighted by atomic mass is 79.9. The standard InChI is InChI=1S/C16H14BrNOS/c1-12-7-9-13(10-8-12)18-16(19)15(11-17)20-14-5-3-2-4-6-14/h2-11H,1H3,(H,18,19)/b15-11+. The first kappa shape index (κ1) is 14.9. The predicted octanol–water partition coefficient (Wildman–Crippen LogP) is 4.96. The fourth-order valence-corrected chi connectivity index (χ4v) is 2.79. The van der Waals surface area contributed by atoms with E-state index < -0.39 is 0 Å². The summed E-state index contributed by atoms with van der Waals surface area (Å²) in [7, 11) is 0. The SMILES string of the molecule is Cc1ccc(NC(=O)/C(=C\Br)Sc2ccccc2)cc1. The molecule has 1 N–H and O–H groups in total. The van der Waals surface area contributed by atoms with Crippen LogP contribution in [0.25, 0.3) is 0 Å². The molecule has 0 radical (unpaired) electrons. The van der Waals surface area contributed by atoms with Crippen molar-refractivity contribution in [2.24, 2.45) is 0 Å². The van der Waals surface area contributed by atoms with E-state index in [1.54, 1.807) is 4.99 Å². The van der Waals surface area contributed by atoms with Crippen molar-refractivity contribution < 1.29 is 4.79 Å². The Balaban J connectivity index is 2.05. The van der Waals surface area contributed by atoms with Crippen LogP contribution in [-0.2, 0) is 4.79 Å². The van der Waals surface area contributed by atoms with Crippen LogP contribution in [0.1, 0.15) is 5.56 Å². The summed E-state index contributed by atoms with van der Waals surface area (Å²) in [5, 5.41) is 2.88. The largest absolute Gasteiger partial charge is 0.322 e. The fraction of sp³-hybridized carbons (Fsp3) is 0.0625. The van der Waals surface area contributed by atoms with Crippen molar-refractivity contribution >= 4 is 39.3 Å². The van der Waals surface area contributed by atoms with Gasteiger partial charge in [0.25, 0.3) is 5.91 Å². The Morgan fingerprint density at radius 2 is 1.75 bits per heavy atom. The van der Waals surface area contributed by atoms with E-state index in [4.69, 9.17) is 0 Å². The van der Waals surface area contributed by atoms with Gasteiger partial charge >= 0.3 is 0 Å². The van der Waals surface area contributed by atoms with Gasteiger partial charge in [-0.25, -0.2) is 0 Å². The molecule has 2 nitrogen and oxygen atoms in total. The highest BCUT2D eigenvalue weighted by Gasteiger charge is 2.11. The summed E-state index contributed by atoms with van der Waals surface area (Å²) in [4.78, 5) is 15.5. The van der Waals surface area contributed by atoms with E-state index in [0.717, 1.165) is 16.1 Å². The number of hydrogen-bond acceptors (Lipinski definition) is 2. The smallest absolute Gasteiger partial charge is 0.262 e. The summed E-state index contributed by atoms with van der Waals surface area (Å²) in [6, 6.07) is 17.5. The summed E-state index contributed by atoms with van der Waals surface area (Å²) in [6.07, 6.45) is 0. The maximum atomic E-state index is 12.2. The molecule has 0 spiro atoms. The average Bonchev–Trinajstić information content (AvgIpc) is 2.48. The number of aryl methyl sites for hydroxylation is 1. The number of rotatable bonds is 4. The van der Waals surface area contributed by atoms with E-state index in [0.29, 0.717) is 4.91 Å². The third-order valence-electron chi connectivity index (χ3n) is 2.60. The van der Waals surface area contributed by atoms with Crippen molar-refractivity contribution in [1.82, 2.24) is 0 Å². The summed E-state index contributed by atoms with van der Waals surface area (Å²) in [6.45, 7) is 2.01. The molecule has 0 aliphatic rings. The van der Waals surface area contributed by atoms with Crippen molar-refractivity contribution in [3.8, 4) is 0 Å². The molecule has 0 fully saturated rings. The van der Waals surface area contributed by atoms with Crippen LogP contribution >= 0.6 is 27.7 Å². The highest BCUT2D eigenvalue weighted by Crippen LogP contribution is 2.28. The molecule has 0 aliphatic heterocycles. The van der Waals surface area contributed by atoms with Crippen molar-refractivity contribution in [2.75, 3.05) is 5.32 Å². The molecule has 1 amide bonds. The first-order chi connectivity index (χ1) is 9.69. The first-order valence-corrected chi connectivity index (χ1v) is 7.83. The van der Waals surface area contributed by atoms with E-state index in [9.17, 15) is 4.79 Å². The van der Waals surface area contributed by atoms with Crippen molar-refractivity contribution in [3.05, 3.63) is 70.1 Å². The summed E-state index contributed by atoms with van der Waals surface area (Å²) in [5.74, 6) is -0.125. The zero-order valence-electron chi connectivity index (χ0n) is 11.0. The van der Waals surface area contributed by atoms with Crippen LogP contribution in [0.3, 0.4) is 0 Å². The van der Waals surface area contributed by atoms with Crippen LogP contribution in [0.5, 0.6) is 0 Å². The number of thioether (sulfide) groups is 1. The van der Waals surface area contributed by atoms with Gasteiger partial charge in [-0.05, 0) is 31.2 Å². The Bertz CT molecular complexity index is 608. The molecule has 4 heteroatoms. The number of anilines is 1. The fourth-order valence-electron chi connectivity index (χ4n) is 1.56. The van der Waals surface area contributed by atoms with E-state index >= 15 is 0 Å². The molecule has 2 aromatic rings.